The zero-order chi connectivity index (χ0) is 19.5. The Morgan fingerprint density at radius 2 is 1.81 bits per heavy atom. The lowest BCUT2D eigenvalue weighted by Gasteiger charge is -2.12. The van der Waals surface area contributed by atoms with E-state index >= 15 is 0 Å². The van der Waals surface area contributed by atoms with Crippen molar-refractivity contribution in [1.82, 2.24) is 0 Å². The summed E-state index contributed by atoms with van der Waals surface area (Å²) in [5, 5.41) is 5.52. The molecule has 2 aromatic carbocycles. The lowest BCUT2D eigenvalue weighted by Crippen LogP contribution is -2.14. The number of amides is 1. The van der Waals surface area contributed by atoms with Gasteiger partial charge < -0.3 is 16.2 Å². The van der Waals surface area contributed by atoms with Gasteiger partial charge in [-0.15, -0.1) is 0 Å². The van der Waals surface area contributed by atoms with Crippen molar-refractivity contribution in [3.8, 4) is 11.1 Å². The maximum absolute atomic E-state index is 11.8. The zero-order valence-electron chi connectivity index (χ0n) is 14.1. The number of carbonyl (C=O) groups is 2. The average molecular weight is 373 g/mol. The van der Waals surface area contributed by atoms with Gasteiger partial charge >= 0.3 is 5.97 Å². The minimum absolute atomic E-state index is 0.121. The van der Waals surface area contributed by atoms with Crippen LogP contribution in [0.4, 0.5) is 5.69 Å². The number of nitrogen functional groups attached to an aromatic ring is 1. The van der Waals surface area contributed by atoms with E-state index in [-0.39, 0.29) is 11.3 Å². The minimum atomic E-state index is -2.83. The average Bonchev–Trinajstić information content (AvgIpc) is 2.59. The largest absolute Gasteiger partial charge is 0.466 e. The monoisotopic (exact) mass is 373 g/mol. The molecule has 6 N–H and O–H groups in total. The molecule has 1 atom stereocenters. The fraction of sp³-hybridized carbons (Fsp3) is 0.0556. The summed E-state index contributed by atoms with van der Waals surface area (Å²) in [6, 6.07) is 9.66. The number of hydrogen-bond donors (Lipinski definition) is 3. The van der Waals surface area contributed by atoms with Crippen molar-refractivity contribution in [3.05, 3.63) is 53.6 Å². The lowest BCUT2D eigenvalue weighted by molar-refractivity contribution is -0.134. The Morgan fingerprint density at radius 1 is 1.19 bits per heavy atom. The predicted molar refractivity (Wildman–Crippen MR) is 104 cm³/mol. The van der Waals surface area contributed by atoms with Crippen molar-refractivity contribution in [2.75, 3.05) is 12.8 Å². The van der Waals surface area contributed by atoms with E-state index in [0.29, 0.717) is 21.6 Å². The van der Waals surface area contributed by atoms with Crippen molar-refractivity contribution < 1.29 is 18.5 Å². The molecule has 2 rings (SSSR count). The molecule has 0 fully saturated rings. The van der Waals surface area contributed by atoms with Gasteiger partial charge in [-0.05, 0) is 47.3 Å². The molecule has 0 aliphatic rings. The summed E-state index contributed by atoms with van der Waals surface area (Å²) < 4.78 is 16.4. The molecule has 0 aliphatic carbocycles. The number of benzene rings is 2. The van der Waals surface area contributed by atoms with Crippen LogP contribution in [0.1, 0.15) is 15.9 Å². The maximum atomic E-state index is 11.8. The predicted octanol–water partition coefficient (Wildman–Crippen LogP) is 1.17. The number of nitrogens with two attached hydrogens (primary N) is 3. The highest BCUT2D eigenvalue weighted by molar-refractivity contribution is 7.98. The van der Waals surface area contributed by atoms with Crippen molar-refractivity contribution in [1.29, 1.82) is 0 Å². The minimum Gasteiger partial charge on any atom is -0.466 e. The number of primary amides is 1. The number of ether oxygens (including phenoxy) is 1. The van der Waals surface area contributed by atoms with Gasteiger partial charge in [0.25, 0.3) is 5.91 Å². The normalized spacial score (nSPS) is 13.3. The lowest BCUT2D eigenvalue weighted by atomic mass is 9.96. The molecule has 7 nitrogen and oxygen atoms in total. The second-order valence-electron chi connectivity index (χ2n) is 5.50. The molecular formula is C18H19N3O4S. The molecule has 0 heterocycles. The number of hydrogen-bond acceptors (Lipinski definition) is 5. The van der Waals surface area contributed by atoms with E-state index < -0.39 is 21.6 Å². The van der Waals surface area contributed by atoms with Crippen LogP contribution in [0, 0.1) is 0 Å². The first-order valence-electron chi connectivity index (χ1n) is 7.38. The van der Waals surface area contributed by atoms with Gasteiger partial charge in [-0.1, -0.05) is 12.1 Å². The second kappa shape index (κ2) is 7.42. The van der Waals surface area contributed by atoms with Gasteiger partial charge in [-0.2, -0.15) is 0 Å². The molecule has 0 aliphatic heterocycles. The maximum Gasteiger partial charge on any atom is 0.330 e. The van der Waals surface area contributed by atoms with Crippen LogP contribution < -0.4 is 16.6 Å². The van der Waals surface area contributed by atoms with Gasteiger partial charge in [-0.3, -0.25) is 9.93 Å². The molecule has 2 aromatic rings. The number of methoxy groups -OCH3 is 1. The summed E-state index contributed by atoms with van der Waals surface area (Å²) in [5.74, 6) is 2.19. The van der Waals surface area contributed by atoms with Gasteiger partial charge in [0.15, 0.2) is 0 Å². The van der Waals surface area contributed by atoms with Crippen molar-refractivity contribution in [3.63, 3.8) is 0 Å². The van der Waals surface area contributed by atoms with E-state index in [9.17, 15) is 13.8 Å². The van der Waals surface area contributed by atoms with Gasteiger partial charge in [-0.25, -0.2) is 9.00 Å². The number of rotatable bonds is 5. The van der Waals surface area contributed by atoms with Crippen molar-refractivity contribution in [2.24, 2.45) is 10.9 Å². The molecule has 136 valence electrons. The van der Waals surface area contributed by atoms with Crippen molar-refractivity contribution >= 4 is 39.2 Å². The number of anilines is 1. The van der Waals surface area contributed by atoms with E-state index in [1.54, 1.807) is 30.3 Å². The zero-order valence-corrected chi connectivity index (χ0v) is 14.9. The van der Waals surface area contributed by atoms with Gasteiger partial charge in [0.2, 0.25) is 0 Å². The summed E-state index contributed by atoms with van der Waals surface area (Å²) >= 11 is 0. The molecule has 0 saturated heterocycles. The molecule has 0 spiro atoms. The molecule has 8 heteroatoms. The van der Waals surface area contributed by atoms with E-state index in [2.05, 4.69) is 10.6 Å². The first-order valence-corrected chi connectivity index (χ1v) is 9.17. The van der Waals surface area contributed by atoms with Gasteiger partial charge in [0.05, 0.1) is 28.1 Å². The van der Waals surface area contributed by atoms with Crippen LogP contribution in [0.15, 0.2) is 47.4 Å². The standard InChI is InChI=1S/C18H19N3O4S/c1-25-16(22)8-3-11-9-14(17(19)15(10-11)18(20)23)12-4-6-13(7-5-12)26(2,21)24/h3-10H,2,19H2,1H3,(H2,20,23)(H2,21,24)/b8-3+. The Morgan fingerprint density at radius 3 is 2.31 bits per heavy atom. The SMILES string of the molecule is C=S(N)(=O)c1ccc(-c2cc(/C=C/C(=O)OC)cc(C(N)=O)c2N)cc1. The van der Waals surface area contributed by atoms with E-state index in [0.717, 1.165) is 0 Å². The van der Waals surface area contributed by atoms with Crippen LogP contribution in [0.3, 0.4) is 0 Å². The number of esters is 1. The third kappa shape index (κ3) is 4.29. The Labute approximate surface area is 151 Å². The van der Waals surface area contributed by atoms with E-state index in [4.69, 9.17) is 16.6 Å². The van der Waals surface area contributed by atoms with Crippen LogP contribution in [0.5, 0.6) is 0 Å². The van der Waals surface area contributed by atoms with Gasteiger partial charge in [0, 0.05) is 16.5 Å². The molecule has 0 radical (unpaired) electrons. The molecular weight excluding hydrogens is 354 g/mol. The summed E-state index contributed by atoms with van der Waals surface area (Å²) in [6.07, 6.45) is 2.70. The number of carbonyl (C=O) groups excluding carboxylic acids is 2. The third-order valence-corrected chi connectivity index (χ3v) is 4.72. The van der Waals surface area contributed by atoms with Crippen LogP contribution in [-0.4, -0.2) is 29.1 Å². The summed E-state index contributed by atoms with van der Waals surface area (Å²) in [4.78, 5) is 23.4. The van der Waals surface area contributed by atoms with Crippen LogP contribution >= 0.6 is 0 Å². The fourth-order valence-electron chi connectivity index (χ4n) is 2.31. The molecule has 0 bridgehead atoms. The Kier molecular flexibility index (Phi) is 5.49. The second-order valence-corrected chi connectivity index (χ2v) is 7.43. The topological polar surface area (TPSA) is 138 Å². The Balaban J connectivity index is 2.59. The first kappa shape index (κ1) is 19.2. The molecule has 1 unspecified atom stereocenters. The van der Waals surface area contributed by atoms with Crippen molar-refractivity contribution in [2.45, 2.75) is 4.90 Å². The van der Waals surface area contributed by atoms with Crippen LogP contribution in [0.25, 0.3) is 17.2 Å². The molecule has 0 aromatic heterocycles. The summed E-state index contributed by atoms with van der Waals surface area (Å²) in [6.45, 7) is 0. The Hall–Kier alpha value is -3.10. The molecule has 26 heavy (non-hydrogen) atoms. The molecule has 1 amide bonds. The summed E-state index contributed by atoms with van der Waals surface area (Å²) in [5.41, 5.74) is 13.5. The highest BCUT2D eigenvalue weighted by atomic mass is 32.2. The van der Waals surface area contributed by atoms with Crippen LogP contribution in [0.2, 0.25) is 0 Å². The fourth-order valence-corrected chi connectivity index (χ4v) is 2.91. The van der Waals surface area contributed by atoms with Gasteiger partial charge in [0.1, 0.15) is 0 Å². The van der Waals surface area contributed by atoms with Crippen LogP contribution in [-0.2, 0) is 19.2 Å². The summed E-state index contributed by atoms with van der Waals surface area (Å²) in [7, 11) is -1.57. The van der Waals surface area contributed by atoms with E-state index in [1.165, 1.54) is 25.3 Å². The first-order chi connectivity index (χ1) is 12.1. The Bertz CT molecular complexity index is 994. The third-order valence-electron chi connectivity index (χ3n) is 3.65. The highest BCUT2D eigenvalue weighted by Crippen LogP contribution is 2.31. The highest BCUT2D eigenvalue weighted by Gasteiger charge is 2.14. The van der Waals surface area contributed by atoms with E-state index in [1.807, 2.05) is 0 Å². The smallest absolute Gasteiger partial charge is 0.330 e. The quantitative estimate of drug-likeness (QED) is 0.312. The molecule has 0 saturated carbocycles.